The zero-order valence-electron chi connectivity index (χ0n) is 7.90. The van der Waals surface area contributed by atoms with Crippen LogP contribution >= 0.6 is 0 Å². The van der Waals surface area contributed by atoms with Crippen molar-refractivity contribution in [2.45, 2.75) is 38.8 Å². The second-order valence-corrected chi connectivity index (χ2v) is 3.48. The topological polar surface area (TPSA) is 31.6 Å². The summed E-state index contributed by atoms with van der Waals surface area (Å²) in [5, 5.41) is 0. The van der Waals surface area contributed by atoms with Crippen LogP contribution < -0.4 is 0 Å². The highest BCUT2D eigenvalue weighted by Crippen LogP contribution is 2.29. The number of rotatable bonds is 1. The minimum atomic E-state index is -0.325. The first-order valence-corrected chi connectivity index (χ1v) is 4.60. The molecule has 2 atom stereocenters. The molecule has 3 nitrogen and oxygen atoms in total. The largest absolute Gasteiger partial charge is 0.464 e. The Balaban J connectivity index is 2.07. The lowest BCUT2D eigenvalue weighted by atomic mass is 10.2. The predicted octanol–water partition coefficient (Wildman–Crippen LogP) is 2.49. The third-order valence-corrected chi connectivity index (χ3v) is 2.15. The third kappa shape index (κ3) is 1.92. The standard InChI is InChI=1S/C10H14O3/c1-7-6-8(2)13-10(12-7)9-4-3-5-11-9/h3-5,7-8,10H,6H2,1-2H3/t7-,8-/m0/s1. The maximum absolute atomic E-state index is 5.59. The molecule has 1 saturated heterocycles. The molecule has 1 aliphatic rings. The van der Waals surface area contributed by atoms with Gasteiger partial charge in [-0.25, -0.2) is 0 Å². The molecule has 0 aliphatic carbocycles. The minimum absolute atomic E-state index is 0.235. The van der Waals surface area contributed by atoms with E-state index in [1.807, 2.05) is 12.1 Å². The van der Waals surface area contributed by atoms with Crippen LogP contribution in [0.25, 0.3) is 0 Å². The molecule has 0 spiro atoms. The number of hydrogen-bond donors (Lipinski definition) is 0. The van der Waals surface area contributed by atoms with E-state index in [0.29, 0.717) is 0 Å². The lowest BCUT2D eigenvalue weighted by molar-refractivity contribution is -0.246. The highest BCUT2D eigenvalue weighted by molar-refractivity contribution is 5.00. The average Bonchev–Trinajstić information content (AvgIpc) is 2.53. The molecule has 0 saturated carbocycles. The summed E-state index contributed by atoms with van der Waals surface area (Å²) in [7, 11) is 0. The summed E-state index contributed by atoms with van der Waals surface area (Å²) in [5.41, 5.74) is 0. The number of ether oxygens (including phenoxy) is 2. The zero-order valence-corrected chi connectivity index (χ0v) is 7.90. The second-order valence-electron chi connectivity index (χ2n) is 3.48. The van der Waals surface area contributed by atoms with Crippen LogP contribution in [0.2, 0.25) is 0 Å². The molecule has 0 aromatic carbocycles. The van der Waals surface area contributed by atoms with E-state index in [1.165, 1.54) is 0 Å². The Hall–Kier alpha value is -0.800. The Morgan fingerprint density at radius 2 is 1.92 bits per heavy atom. The Labute approximate surface area is 77.6 Å². The number of hydrogen-bond acceptors (Lipinski definition) is 3. The van der Waals surface area contributed by atoms with Crippen molar-refractivity contribution in [3.8, 4) is 0 Å². The molecule has 1 aliphatic heterocycles. The monoisotopic (exact) mass is 182 g/mol. The molecule has 72 valence electrons. The SMILES string of the molecule is C[C@H]1C[C@H](C)OC(c2ccco2)O1. The van der Waals surface area contributed by atoms with Gasteiger partial charge in [0.05, 0.1) is 18.5 Å². The molecule has 1 fully saturated rings. The molecule has 0 bridgehead atoms. The highest BCUT2D eigenvalue weighted by Gasteiger charge is 2.27. The van der Waals surface area contributed by atoms with Crippen LogP contribution in [-0.2, 0) is 9.47 Å². The normalized spacial score (nSPS) is 34.8. The van der Waals surface area contributed by atoms with Crippen LogP contribution in [0.1, 0.15) is 32.3 Å². The van der Waals surface area contributed by atoms with Crippen LogP contribution in [-0.4, -0.2) is 12.2 Å². The first kappa shape index (κ1) is 8.78. The predicted molar refractivity (Wildman–Crippen MR) is 47.2 cm³/mol. The van der Waals surface area contributed by atoms with E-state index in [9.17, 15) is 0 Å². The molecule has 3 heteroatoms. The van der Waals surface area contributed by atoms with Crippen LogP contribution in [0.3, 0.4) is 0 Å². The van der Waals surface area contributed by atoms with Crippen LogP contribution in [0.5, 0.6) is 0 Å². The van der Waals surface area contributed by atoms with E-state index in [-0.39, 0.29) is 18.5 Å². The fourth-order valence-electron chi connectivity index (χ4n) is 1.59. The van der Waals surface area contributed by atoms with E-state index in [0.717, 1.165) is 12.2 Å². The summed E-state index contributed by atoms with van der Waals surface area (Å²) in [6.45, 7) is 4.10. The van der Waals surface area contributed by atoms with E-state index in [2.05, 4.69) is 13.8 Å². The van der Waals surface area contributed by atoms with Gasteiger partial charge in [0.15, 0.2) is 5.76 Å². The van der Waals surface area contributed by atoms with Gasteiger partial charge in [0.25, 0.3) is 0 Å². The van der Waals surface area contributed by atoms with Gasteiger partial charge in [-0.2, -0.15) is 0 Å². The molecule has 1 aromatic heterocycles. The van der Waals surface area contributed by atoms with Crippen molar-refractivity contribution in [1.29, 1.82) is 0 Å². The molecule has 2 rings (SSSR count). The first-order chi connectivity index (χ1) is 6.25. The molecule has 13 heavy (non-hydrogen) atoms. The molecule has 1 aromatic rings. The van der Waals surface area contributed by atoms with Gasteiger partial charge < -0.3 is 13.9 Å². The van der Waals surface area contributed by atoms with Gasteiger partial charge in [0, 0.05) is 0 Å². The first-order valence-electron chi connectivity index (χ1n) is 4.60. The van der Waals surface area contributed by atoms with Gasteiger partial charge in [0.1, 0.15) is 0 Å². The van der Waals surface area contributed by atoms with Crippen molar-refractivity contribution in [2.24, 2.45) is 0 Å². The maximum atomic E-state index is 5.59. The van der Waals surface area contributed by atoms with Crippen LogP contribution in [0.4, 0.5) is 0 Å². The van der Waals surface area contributed by atoms with Gasteiger partial charge >= 0.3 is 0 Å². The Morgan fingerprint density at radius 3 is 2.46 bits per heavy atom. The Kier molecular flexibility index (Phi) is 2.38. The highest BCUT2D eigenvalue weighted by atomic mass is 16.7. The van der Waals surface area contributed by atoms with E-state index in [4.69, 9.17) is 13.9 Å². The fourth-order valence-corrected chi connectivity index (χ4v) is 1.59. The van der Waals surface area contributed by atoms with E-state index >= 15 is 0 Å². The lowest BCUT2D eigenvalue weighted by Gasteiger charge is -2.31. The average molecular weight is 182 g/mol. The summed E-state index contributed by atoms with van der Waals surface area (Å²) in [4.78, 5) is 0. The molecule has 2 heterocycles. The van der Waals surface area contributed by atoms with Crippen molar-refractivity contribution in [3.05, 3.63) is 24.2 Å². The lowest BCUT2D eigenvalue weighted by Crippen LogP contribution is -2.30. The van der Waals surface area contributed by atoms with Crippen LogP contribution in [0.15, 0.2) is 22.8 Å². The summed E-state index contributed by atoms with van der Waals surface area (Å²) >= 11 is 0. The third-order valence-electron chi connectivity index (χ3n) is 2.15. The molecular weight excluding hydrogens is 168 g/mol. The van der Waals surface area contributed by atoms with E-state index < -0.39 is 0 Å². The molecule has 0 radical (unpaired) electrons. The van der Waals surface area contributed by atoms with E-state index in [1.54, 1.807) is 6.26 Å². The van der Waals surface area contributed by atoms with Crippen molar-refractivity contribution >= 4 is 0 Å². The minimum Gasteiger partial charge on any atom is -0.464 e. The second kappa shape index (κ2) is 3.52. The summed E-state index contributed by atoms with van der Waals surface area (Å²) in [6.07, 6.45) is 2.72. The quantitative estimate of drug-likeness (QED) is 0.668. The van der Waals surface area contributed by atoms with Crippen molar-refractivity contribution in [3.63, 3.8) is 0 Å². The van der Waals surface area contributed by atoms with Gasteiger partial charge in [0.2, 0.25) is 6.29 Å². The van der Waals surface area contributed by atoms with Gasteiger partial charge in [-0.1, -0.05) is 0 Å². The van der Waals surface area contributed by atoms with Crippen LogP contribution in [0, 0.1) is 0 Å². The maximum Gasteiger partial charge on any atom is 0.217 e. The van der Waals surface area contributed by atoms with Gasteiger partial charge in [-0.15, -0.1) is 0 Å². The van der Waals surface area contributed by atoms with Crippen molar-refractivity contribution < 1.29 is 13.9 Å². The fraction of sp³-hybridized carbons (Fsp3) is 0.600. The molecule has 0 unspecified atom stereocenters. The Bertz CT molecular complexity index is 245. The summed E-state index contributed by atoms with van der Waals surface area (Å²) < 4.78 is 16.4. The van der Waals surface area contributed by atoms with Gasteiger partial charge in [-0.05, 0) is 32.4 Å². The summed E-state index contributed by atoms with van der Waals surface area (Å²) in [5.74, 6) is 0.749. The summed E-state index contributed by atoms with van der Waals surface area (Å²) in [6, 6.07) is 3.71. The Morgan fingerprint density at radius 1 is 1.23 bits per heavy atom. The molecular formula is C10H14O3. The smallest absolute Gasteiger partial charge is 0.217 e. The van der Waals surface area contributed by atoms with Crippen molar-refractivity contribution in [2.75, 3.05) is 0 Å². The van der Waals surface area contributed by atoms with Gasteiger partial charge in [-0.3, -0.25) is 0 Å². The number of furan rings is 1. The zero-order chi connectivity index (χ0) is 9.26. The molecule has 0 N–H and O–H groups in total. The molecule has 0 amide bonds. The van der Waals surface area contributed by atoms with Crippen molar-refractivity contribution in [1.82, 2.24) is 0 Å².